The molecule has 0 radical (unpaired) electrons. The van der Waals surface area contributed by atoms with Gasteiger partial charge in [0.25, 0.3) is 5.95 Å². The predicted molar refractivity (Wildman–Crippen MR) is 144 cm³/mol. The van der Waals surface area contributed by atoms with Crippen LogP contribution in [0.1, 0.15) is 22.3 Å². The number of anilines is 2. The van der Waals surface area contributed by atoms with Crippen LogP contribution in [0, 0.1) is 13.8 Å². The third-order valence-corrected chi connectivity index (χ3v) is 6.13. The summed E-state index contributed by atoms with van der Waals surface area (Å²) in [4.78, 5) is 12.4. The van der Waals surface area contributed by atoms with Crippen LogP contribution in [-0.2, 0) is 11.4 Å². The fourth-order valence-electron chi connectivity index (χ4n) is 3.25. The van der Waals surface area contributed by atoms with Gasteiger partial charge in [0.1, 0.15) is 12.4 Å². The number of nitrogens with two attached hydrogens (primary N) is 1. The van der Waals surface area contributed by atoms with Gasteiger partial charge >= 0.3 is 0 Å². The number of hydrogen-bond acceptors (Lipinski definition) is 8. The highest BCUT2D eigenvalue weighted by Gasteiger charge is 2.13. The molecule has 3 aromatic carbocycles. The van der Waals surface area contributed by atoms with E-state index >= 15 is 0 Å². The lowest BCUT2D eigenvalue weighted by molar-refractivity contribution is -0.113. The number of nitrogens with zero attached hydrogens (tertiary/aromatic N) is 4. The van der Waals surface area contributed by atoms with Crippen molar-refractivity contribution in [3.05, 3.63) is 95.1 Å². The maximum absolute atomic E-state index is 12.4. The second kappa shape index (κ2) is 11.9. The van der Waals surface area contributed by atoms with E-state index < -0.39 is 0 Å². The van der Waals surface area contributed by atoms with Crippen LogP contribution in [0.5, 0.6) is 5.75 Å². The van der Waals surface area contributed by atoms with Gasteiger partial charge in [0.15, 0.2) is 0 Å². The van der Waals surface area contributed by atoms with Crippen LogP contribution >= 0.6 is 11.8 Å². The van der Waals surface area contributed by atoms with E-state index in [2.05, 4.69) is 26.0 Å². The normalized spacial score (nSPS) is 10.9. The lowest BCUT2D eigenvalue weighted by Crippen LogP contribution is -2.17. The van der Waals surface area contributed by atoms with Crippen molar-refractivity contribution in [2.24, 2.45) is 5.10 Å². The molecule has 0 atom stereocenters. The minimum absolute atomic E-state index is 0.137. The van der Waals surface area contributed by atoms with Crippen molar-refractivity contribution in [2.45, 2.75) is 25.6 Å². The van der Waals surface area contributed by atoms with Gasteiger partial charge in [-0.05, 0) is 48.7 Å². The summed E-state index contributed by atoms with van der Waals surface area (Å²) in [6, 6.07) is 23.4. The molecule has 1 aromatic heterocycles. The van der Waals surface area contributed by atoms with Crippen molar-refractivity contribution in [3.63, 3.8) is 0 Å². The number of nitrogen functional groups attached to an aromatic ring is 1. The molecule has 0 unspecified atom stereocenters. The summed E-state index contributed by atoms with van der Waals surface area (Å²) in [6.07, 6.45) is 1.62. The van der Waals surface area contributed by atoms with Crippen LogP contribution < -0.4 is 21.3 Å². The molecule has 0 spiro atoms. The number of aryl methyl sites for hydroxylation is 2. The third-order valence-electron chi connectivity index (χ3n) is 5.19. The fraction of sp³-hybridized carbons (Fsp3) is 0.154. The molecule has 10 heteroatoms. The monoisotopic (exact) mass is 501 g/mol. The summed E-state index contributed by atoms with van der Waals surface area (Å²) >= 11 is 1.18. The number of hydrazone groups is 1. The molecule has 1 amide bonds. The Balaban J connectivity index is 1.32. The van der Waals surface area contributed by atoms with Crippen molar-refractivity contribution >= 4 is 35.5 Å². The molecule has 0 saturated heterocycles. The van der Waals surface area contributed by atoms with E-state index in [0.717, 1.165) is 27.9 Å². The Morgan fingerprint density at radius 1 is 1.08 bits per heavy atom. The number of nitrogens with one attached hydrogen (secondary N) is 2. The summed E-state index contributed by atoms with van der Waals surface area (Å²) in [5, 5.41) is 15.6. The van der Waals surface area contributed by atoms with Crippen molar-refractivity contribution in [2.75, 3.05) is 22.3 Å². The lowest BCUT2D eigenvalue weighted by Gasteiger charge is -2.09. The number of carbonyl (C=O) groups excluding carboxylic acids is 1. The molecule has 1 heterocycles. The van der Waals surface area contributed by atoms with Crippen LogP contribution in [0.3, 0.4) is 0 Å². The zero-order valence-corrected chi connectivity index (χ0v) is 20.8. The van der Waals surface area contributed by atoms with E-state index in [4.69, 9.17) is 10.6 Å². The maximum atomic E-state index is 12.4. The molecular formula is C26H27N7O2S. The molecule has 0 bridgehead atoms. The first kappa shape index (κ1) is 24.8. The van der Waals surface area contributed by atoms with E-state index in [9.17, 15) is 4.79 Å². The molecule has 0 aliphatic carbocycles. The van der Waals surface area contributed by atoms with Gasteiger partial charge in [-0.3, -0.25) is 4.79 Å². The summed E-state index contributed by atoms with van der Waals surface area (Å²) < 4.78 is 7.20. The summed E-state index contributed by atoms with van der Waals surface area (Å²) in [5.41, 5.74) is 7.52. The van der Waals surface area contributed by atoms with Gasteiger partial charge in [0, 0.05) is 11.3 Å². The average Bonchev–Trinajstić information content (AvgIpc) is 3.24. The third kappa shape index (κ3) is 6.63. The van der Waals surface area contributed by atoms with Gasteiger partial charge in [-0.2, -0.15) is 5.10 Å². The van der Waals surface area contributed by atoms with Crippen molar-refractivity contribution in [1.29, 1.82) is 0 Å². The quantitative estimate of drug-likeness (QED) is 0.128. The van der Waals surface area contributed by atoms with E-state index in [1.165, 1.54) is 16.4 Å². The standard InChI is InChI=1S/C26H27N7O2S/c1-18-12-13-19(2)22(14-18)29-24(34)17-36-26-32-31-25(33(26)27)30-28-15-21-10-6-7-11-23(21)35-16-20-8-4-3-5-9-20/h3-15H,16-17,27H2,1-2H3,(H,29,34)(H,30,31)/b28-15+. The van der Waals surface area contributed by atoms with Gasteiger partial charge in [-0.1, -0.05) is 66.4 Å². The summed E-state index contributed by atoms with van der Waals surface area (Å²) in [6.45, 7) is 4.38. The van der Waals surface area contributed by atoms with Gasteiger partial charge < -0.3 is 15.9 Å². The van der Waals surface area contributed by atoms with Crippen molar-refractivity contribution < 1.29 is 9.53 Å². The Hall–Kier alpha value is -4.31. The molecule has 0 saturated carbocycles. The van der Waals surface area contributed by atoms with E-state index in [1.807, 2.05) is 86.6 Å². The highest BCUT2D eigenvalue weighted by Crippen LogP contribution is 2.20. The minimum atomic E-state index is -0.156. The molecule has 4 N–H and O–H groups in total. The summed E-state index contributed by atoms with van der Waals surface area (Å²) in [5.74, 6) is 7.01. The molecule has 0 fully saturated rings. The number of aromatic nitrogens is 3. The van der Waals surface area contributed by atoms with Gasteiger partial charge in [0.2, 0.25) is 11.1 Å². The Labute approximate surface area is 213 Å². The van der Waals surface area contributed by atoms with Gasteiger partial charge in [-0.25, -0.2) is 10.1 Å². The molecule has 0 aliphatic rings. The summed E-state index contributed by atoms with van der Waals surface area (Å²) in [7, 11) is 0. The Kier molecular flexibility index (Phi) is 8.20. The zero-order chi connectivity index (χ0) is 25.3. The minimum Gasteiger partial charge on any atom is -0.488 e. The van der Waals surface area contributed by atoms with Crippen LogP contribution in [0.25, 0.3) is 0 Å². The number of rotatable bonds is 10. The highest BCUT2D eigenvalue weighted by molar-refractivity contribution is 7.99. The number of carbonyl (C=O) groups is 1. The second-order valence-corrected chi connectivity index (χ2v) is 8.96. The number of ether oxygens (including phenoxy) is 1. The zero-order valence-electron chi connectivity index (χ0n) is 20.0. The number of para-hydroxylation sites is 1. The highest BCUT2D eigenvalue weighted by atomic mass is 32.2. The van der Waals surface area contributed by atoms with Gasteiger partial charge in [-0.15, -0.1) is 10.2 Å². The van der Waals surface area contributed by atoms with Gasteiger partial charge in [0.05, 0.1) is 12.0 Å². The number of thioether (sulfide) groups is 1. The molecule has 184 valence electrons. The topological polar surface area (TPSA) is 119 Å². The number of hydrogen-bond donors (Lipinski definition) is 3. The first-order valence-electron chi connectivity index (χ1n) is 11.2. The lowest BCUT2D eigenvalue weighted by atomic mass is 10.1. The Morgan fingerprint density at radius 3 is 2.69 bits per heavy atom. The number of benzene rings is 3. The molecular weight excluding hydrogens is 474 g/mol. The fourth-order valence-corrected chi connectivity index (χ4v) is 3.91. The Bertz CT molecular complexity index is 1360. The van der Waals surface area contributed by atoms with Crippen molar-refractivity contribution in [1.82, 2.24) is 14.9 Å². The van der Waals surface area contributed by atoms with E-state index in [1.54, 1.807) is 6.21 Å². The largest absolute Gasteiger partial charge is 0.488 e. The van der Waals surface area contributed by atoms with E-state index in [-0.39, 0.29) is 17.6 Å². The first-order valence-corrected chi connectivity index (χ1v) is 12.2. The van der Waals surface area contributed by atoms with Crippen LogP contribution in [-0.4, -0.2) is 32.7 Å². The SMILES string of the molecule is Cc1ccc(C)c(NC(=O)CSc2nnc(N/N=C/c3ccccc3OCc3ccccc3)n2N)c1. The smallest absolute Gasteiger partial charge is 0.264 e. The Morgan fingerprint density at radius 2 is 1.86 bits per heavy atom. The average molecular weight is 502 g/mol. The van der Waals surface area contributed by atoms with E-state index in [0.29, 0.717) is 17.5 Å². The molecule has 9 nitrogen and oxygen atoms in total. The predicted octanol–water partition coefficient (Wildman–Crippen LogP) is 4.36. The van der Waals surface area contributed by atoms with Crippen LogP contribution in [0.4, 0.5) is 11.6 Å². The molecule has 36 heavy (non-hydrogen) atoms. The first-order chi connectivity index (χ1) is 17.5. The molecule has 4 rings (SSSR count). The number of amides is 1. The molecule has 4 aromatic rings. The van der Waals surface area contributed by atoms with Crippen LogP contribution in [0.15, 0.2) is 83.1 Å². The molecule has 0 aliphatic heterocycles. The second-order valence-electron chi connectivity index (χ2n) is 8.01. The maximum Gasteiger partial charge on any atom is 0.264 e. The van der Waals surface area contributed by atoms with Crippen LogP contribution in [0.2, 0.25) is 0 Å². The van der Waals surface area contributed by atoms with Crippen molar-refractivity contribution in [3.8, 4) is 5.75 Å².